The fraction of sp³-hybridized carbons (Fsp3) is 0.200. The van der Waals surface area contributed by atoms with Crippen LogP contribution in [0.15, 0.2) is 39.9 Å². The Hall–Kier alpha value is -2.29. The van der Waals surface area contributed by atoms with Crippen molar-refractivity contribution in [3.8, 4) is 5.69 Å². The summed E-state index contributed by atoms with van der Waals surface area (Å²) in [5.41, 5.74) is 5.14. The number of hydrogen-bond donors (Lipinski definition) is 1. The smallest absolute Gasteiger partial charge is 0.283 e. The van der Waals surface area contributed by atoms with E-state index in [0.29, 0.717) is 10.2 Å². The van der Waals surface area contributed by atoms with E-state index in [9.17, 15) is 4.79 Å². The summed E-state index contributed by atoms with van der Waals surface area (Å²) in [7, 11) is 0. The molecule has 1 aromatic heterocycles. The van der Waals surface area contributed by atoms with Crippen LogP contribution in [0, 0.1) is 26.2 Å². The number of aliphatic imine (C=N–C) groups is 1. The SMILES string of the molecule is CSC1=NN2C(=N)C(=Cc3cc(C)n(-c4cc(Cl)ccc4C)c3C)C(=O)N=C2S1. The average Bonchev–Trinajstić information content (AvgIpc) is 3.21. The van der Waals surface area contributed by atoms with Gasteiger partial charge in [0.25, 0.3) is 5.91 Å². The molecular formula is C20H18ClN5OS2. The molecule has 0 spiro atoms. The van der Waals surface area contributed by atoms with E-state index in [1.54, 1.807) is 6.08 Å². The number of carbonyl (C=O) groups excluding carboxylic acids is 1. The van der Waals surface area contributed by atoms with Crippen LogP contribution in [0.5, 0.6) is 0 Å². The highest BCUT2D eigenvalue weighted by Crippen LogP contribution is 2.32. The molecule has 29 heavy (non-hydrogen) atoms. The summed E-state index contributed by atoms with van der Waals surface area (Å²) < 4.78 is 2.87. The molecular weight excluding hydrogens is 426 g/mol. The Kier molecular flexibility index (Phi) is 5.18. The maximum absolute atomic E-state index is 12.6. The summed E-state index contributed by atoms with van der Waals surface area (Å²) in [4.78, 5) is 16.7. The summed E-state index contributed by atoms with van der Waals surface area (Å²) in [6, 6.07) is 7.78. The molecule has 148 valence electrons. The molecule has 0 atom stereocenters. The number of nitrogens with one attached hydrogen (secondary N) is 1. The minimum absolute atomic E-state index is 0.0419. The molecule has 2 aliphatic heterocycles. The van der Waals surface area contributed by atoms with Crippen molar-refractivity contribution in [2.45, 2.75) is 20.8 Å². The van der Waals surface area contributed by atoms with Crippen LogP contribution in [0.1, 0.15) is 22.5 Å². The van der Waals surface area contributed by atoms with Gasteiger partial charge in [0.15, 0.2) is 10.2 Å². The van der Waals surface area contributed by atoms with Crippen molar-refractivity contribution >= 4 is 62.5 Å². The van der Waals surface area contributed by atoms with E-state index in [1.165, 1.54) is 28.5 Å². The number of amides is 1. The predicted octanol–water partition coefficient (Wildman–Crippen LogP) is 5.00. The lowest BCUT2D eigenvalue weighted by Crippen LogP contribution is -2.35. The normalized spacial score (nSPS) is 17.7. The minimum atomic E-state index is -0.421. The van der Waals surface area contributed by atoms with Crippen LogP contribution in [-0.2, 0) is 4.79 Å². The second kappa shape index (κ2) is 7.51. The quantitative estimate of drug-likeness (QED) is 0.663. The lowest BCUT2D eigenvalue weighted by Gasteiger charge is -2.20. The van der Waals surface area contributed by atoms with Crippen molar-refractivity contribution in [2.75, 3.05) is 6.26 Å². The first kappa shape index (κ1) is 20.0. The van der Waals surface area contributed by atoms with Gasteiger partial charge in [-0.3, -0.25) is 10.2 Å². The van der Waals surface area contributed by atoms with Crippen LogP contribution in [-0.4, -0.2) is 37.1 Å². The van der Waals surface area contributed by atoms with Gasteiger partial charge < -0.3 is 4.57 Å². The van der Waals surface area contributed by atoms with Crippen LogP contribution < -0.4 is 0 Å². The molecule has 4 rings (SSSR count). The van der Waals surface area contributed by atoms with Gasteiger partial charge in [-0.05, 0) is 74.2 Å². The number of rotatable bonds is 2. The van der Waals surface area contributed by atoms with Gasteiger partial charge in [0.1, 0.15) is 0 Å². The van der Waals surface area contributed by atoms with Gasteiger partial charge in [0, 0.05) is 22.1 Å². The standard InChI is InChI=1S/C20H18ClN5OS2/c1-10-5-6-14(21)9-16(10)25-11(2)7-13(12(25)3)8-15-17(22)26-19(23-18(15)27)29-20(24-26)28-4/h5-9,22H,1-4H3. The largest absolute Gasteiger partial charge is 0.318 e. The molecule has 2 aromatic rings. The van der Waals surface area contributed by atoms with E-state index in [1.807, 2.05) is 51.3 Å². The summed E-state index contributed by atoms with van der Waals surface area (Å²) in [5.74, 6) is -0.379. The molecule has 0 saturated carbocycles. The number of aromatic nitrogens is 1. The van der Waals surface area contributed by atoms with Crippen molar-refractivity contribution in [1.82, 2.24) is 9.58 Å². The van der Waals surface area contributed by atoms with Gasteiger partial charge >= 0.3 is 0 Å². The Morgan fingerprint density at radius 2 is 2.00 bits per heavy atom. The third kappa shape index (κ3) is 3.45. The van der Waals surface area contributed by atoms with Gasteiger partial charge in [0.2, 0.25) is 5.17 Å². The van der Waals surface area contributed by atoms with E-state index in [0.717, 1.165) is 32.6 Å². The topological polar surface area (TPSA) is 73.8 Å². The molecule has 0 fully saturated rings. The highest BCUT2D eigenvalue weighted by atomic mass is 35.5. The molecule has 1 N–H and O–H groups in total. The van der Waals surface area contributed by atoms with Gasteiger partial charge in [-0.1, -0.05) is 17.7 Å². The zero-order valence-electron chi connectivity index (χ0n) is 16.3. The molecule has 1 aromatic carbocycles. The number of thioether (sulfide) groups is 2. The highest BCUT2D eigenvalue weighted by molar-refractivity contribution is 8.45. The first-order valence-electron chi connectivity index (χ1n) is 8.80. The Bertz CT molecular complexity index is 1160. The van der Waals surface area contributed by atoms with E-state index < -0.39 is 5.91 Å². The molecule has 0 unspecified atom stereocenters. The number of benzene rings is 1. The average molecular weight is 444 g/mol. The maximum Gasteiger partial charge on any atom is 0.283 e. The first-order valence-corrected chi connectivity index (χ1v) is 11.2. The second-order valence-corrected chi connectivity index (χ2v) is 9.13. The third-order valence-corrected chi connectivity index (χ3v) is 6.91. The lowest BCUT2D eigenvalue weighted by molar-refractivity contribution is -0.114. The summed E-state index contributed by atoms with van der Waals surface area (Å²) >= 11 is 8.98. The molecule has 0 radical (unpaired) electrons. The number of halogens is 1. The molecule has 2 aliphatic rings. The number of hydrogen-bond acceptors (Lipinski definition) is 5. The van der Waals surface area contributed by atoms with Crippen molar-refractivity contribution in [3.63, 3.8) is 0 Å². The van der Waals surface area contributed by atoms with Crippen LogP contribution >= 0.6 is 35.1 Å². The molecule has 0 saturated heterocycles. The Morgan fingerprint density at radius 1 is 1.24 bits per heavy atom. The minimum Gasteiger partial charge on any atom is -0.318 e. The van der Waals surface area contributed by atoms with Crippen molar-refractivity contribution < 1.29 is 4.79 Å². The van der Waals surface area contributed by atoms with Crippen LogP contribution in [0.4, 0.5) is 0 Å². The van der Waals surface area contributed by atoms with E-state index in [-0.39, 0.29) is 11.4 Å². The number of carbonyl (C=O) groups is 1. The van der Waals surface area contributed by atoms with Gasteiger partial charge in [-0.15, -0.1) is 16.9 Å². The summed E-state index contributed by atoms with van der Waals surface area (Å²) in [6.45, 7) is 6.03. The monoisotopic (exact) mass is 443 g/mol. The molecule has 0 aliphatic carbocycles. The number of hydrazone groups is 1. The van der Waals surface area contributed by atoms with Crippen LogP contribution in [0.25, 0.3) is 11.8 Å². The van der Waals surface area contributed by atoms with Gasteiger partial charge in [-0.2, -0.15) is 10.0 Å². The fourth-order valence-corrected chi connectivity index (χ4v) is 4.85. The zero-order chi connectivity index (χ0) is 20.9. The number of aryl methyl sites for hydroxylation is 2. The summed E-state index contributed by atoms with van der Waals surface area (Å²) in [6.07, 6.45) is 3.63. The molecule has 6 nitrogen and oxygen atoms in total. The molecule has 1 amide bonds. The molecule has 9 heteroatoms. The Balaban J connectivity index is 1.78. The lowest BCUT2D eigenvalue weighted by atomic mass is 10.1. The van der Waals surface area contributed by atoms with E-state index in [2.05, 4.69) is 14.7 Å². The Morgan fingerprint density at radius 3 is 2.72 bits per heavy atom. The number of fused-ring (bicyclic) bond motifs is 1. The fourth-order valence-electron chi connectivity index (χ4n) is 3.34. The van der Waals surface area contributed by atoms with Gasteiger partial charge in [-0.25, -0.2) is 0 Å². The second-order valence-electron chi connectivity index (χ2n) is 6.68. The molecule has 3 heterocycles. The Labute approximate surface area is 182 Å². The van der Waals surface area contributed by atoms with E-state index in [4.69, 9.17) is 17.0 Å². The highest BCUT2D eigenvalue weighted by Gasteiger charge is 2.35. The van der Waals surface area contributed by atoms with Crippen molar-refractivity contribution in [3.05, 3.63) is 57.4 Å². The third-order valence-electron chi connectivity index (χ3n) is 4.79. The number of amidine groups is 2. The summed E-state index contributed by atoms with van der Waals surface area (Å²) in [5, 5.41) is 15.4. The van der Waals surface area contributed by atoms with Crippen LogP contribution in [0.2, 0.25) is 5.02 Å². The van der Waals surface area contributed by atoms with Crippen molar-refractivity contribution in [1.29, 1.82) is 5.41 Å². The zero-order valence-corrected chi connectivity index (χ0v) is 18.7. The predicted molar refractivity (Wildman–Crippen MR) is 124 cm³/mol. The maximum atomic E-state index is 12.6. The van der Waals surface area contributed by atoms with Gasteiger partial charge in [0.05, 0.1) is 5.57 Å². The molecule has 0 bridgehead atoms. The number of nitrogens with zero attached hydrogens (tertiary/aromatic N) is 4. The van der Waals surface area contributed by atoms with Crippen LogP contribution in [0.3, 0.4) is 0 Å². The van der Waals surface area contributed by atoms with E-state index >= 15 is 0 Å². The first-order chi connectivity index (χ1) is 13.8. The van der Waals surface area contributed by atoms with Crippen molar-refractivity contribution in [2.24, 2.45) is 10.1 Å².